The molecule has 0 bridgehead atoms. The maximum atomic E-state index is 12.4. The minimum Gasteiger partial charge on any atom is -0.490 e. The third-order valence-corrected chi connectivity index (χ3v) is 5.52. The first-order valence-corrected chi connectivity index (χ1v) is 10.4. The molecule has 4 rings (SSSR count). The second kappa shape index (κ2) is 9.17. The fourth-order valence-corrected chi connectivity index (χ4v) is 4.09. The number of anilines is 1. The maximum absolute atomic E-state index is 12.4. The van der Waals surface area contributed by atoms with Gasteiger partial charge in [-0.15, -0.1) is 0 Å². The average molecular weight is 409 g/mol. The summed E-state index contributed by atoms with van der Waals surface area (Å²) in [5, 5.41) is 5.10. The van der Waals surface area contributed by atoms with Crippen molar-refractivity contribution in [3.05, 3.63) is 53.6 Å². The molecule has 158 valence electrons. The van der Waals surface area contributed by atoms with E-state index in [0.29, 0.717) is 30.4 Å². The van der Waals surface area contributed by atoms with Gasteiger partial charge in [0.15, 0.2) is 11.5 Å². The summed E-state index contributed by atoms with van der Waals surface area (Å²) >= 11 is 0. The molecule has 0 saturated carbocycles. The van der Waals surface area contributed by atoms with Crippen LogP contribution in [0, 0.1) is 0 Å². The lowest BCUT2D eigenvalue weighted by atomic mass is 9.87. The molecule has 0 saturated heterocycles. The van der Waals surface area contributed by atoms with E-state index in [4.69, 9.17) is 9.47 Å². The van der Waals surface area contributed by atoms with Gasteiger partial charge < -0.3 is 14.8 Å². The van der Waals surface area contributed by atoms with Gasteiger partial charge in [0.05, 0.1) is 19.8 Å². The highest BCUT2D eigenvalue weighted by Gasteiger charge is 2.25. The Labute approximate surface area is 176 Å². The summed E-state index contributed by atoms with van der Waals surface area (Å²) < 4.78 is 11.2. The van der Waals surface area contributed by atoms with Crippen LogP contribution >= 0.6 is 0 Å². The number of hydrogen-bond acceptors (Lipinski definition) is 5. The van der Waals surface area contributed by atoms with Crippen LogP contribution < -0.4 is 20.1 Å². The van der Waals surface area contributed by atoms with Gasteiger partial charge in [-0.2, -0.15) is 0 Å². The number of ether oxygens (including phenoxy) is 2. The van der Waals surface area contributed by atoms with E-state index in [1.54, 1.807) is 18.2 Å². The summed E-state index contributed by atoms with van der Waals surface area (Å²) in [6, 6.07) is 13.2. The Morgan fingerprint density at radius 3 is 2.73 bits per heavy atom. The molecule has 0 fully saturated rings. The number of likely N-dealkylation sites (N-methyl/N-ethyl adjacent to an activating group) is 1. The summed E-state index contributed by atoms with van der Waals surface area (Å²) in [6.07, 6.45) is 3.98. The third kappa shape index (κ3) is 4.74. The molecule has 2 aromatic rings. The van der Waals surface area contributed by atoms with E-state index in [-0.39, 0.29) is 18.5 Å². The van der Waals surface area contributed by atoms with Crippen LogP contribution in [0.3, 0.4) is 0 Å². The van der Waals surface area contributed by atoms with E-state index in [1.165, 1.54) is 11.1 Å². The van der Waals surface area contributed by atoms with Crippen LogP contribution in [0.2, 0.25) is 0 Å². The minimum atomic E-state index is -0.563. The smallest absolute Gasteiger partial charge is 0.325 e. The van der Waals surface area contributed by atoms with E-state index in [9.17, 15) is 9.59 Å². The van der Waals surface area contributed by atoms with Gasteiger partial charge in [0, 0.05) is 24.2 Å². The zero-order valence-electron chi connectivity index (χ0n) is 17.1. The van der Waals surface area contributed by atoms with Crippen molar-refractivity contribution in [3.63, 3.8) is 0 Å². The molecule has 3 amide bonds. The van der Waals surface area contributed by atoms with Gasteiger partial charge >= 0.3 is 6.03 Å². The molecule has 2 N–H and O–H groups in total. The standard InChI is InChI=1S/C23H27N3O4/c1-26(19-9-4-7-16-6-2-3-8-18(16)19)15-22(27)25-23(28)24-17-10-11-20-21(14-17)30-13-5-12-29-20/h2-3,6,8,10-11,14,19H,4-5,7,9,12-13,15H2,1H3,(H2,24,25,27,28)/t19-/m1/s1. The molecule has 0 spiro atoms. The average Bonchev–Trinajstić information content (AvgIpc) is 2.98. The Hall–Kier alpha value is -3.06. The highest BCUT2D eigenvalue weighted by Crippen LogP contribution is 2.33. The second-order valence-electron chi connectivity index (χ2n) is 7.74. The lowest BCUT2D eigenvalue weighted by Gasteiger charge is -2.32. The van der Waals surface area contributed by atoms with Crippen molar-refractivity contribution in [1.29, 1.82) is 0 Å². The quantitative estimate of drug-likeness (QED) is 0.808. The number of benzene rings is 2. The summed E-state index contributed by atoms with van der Waals surface area (Å²) in [4.78, 5) is 26.7. The molecule has 0 aromatic heterocycles. The van der Waals surface area contributed by atoms with Crippen molar-refractivity contribution in [2.24, 2.45) is 0 Å². The predicted molar refractivity (Wildman–Crippen MR) is 114 cm³/mol. The van der Waals surface area contributed by atoms with Crippen LogP contribution in [-0.2, 0) is 11.2 Å². The van der Waals surface area contributed by atoms with Crippen molar-refractivity contribution in [3.8, 4) is 11.5 Å². The third-order valence-electron chi connectivity index (χ3n) is 5.52. The van der Waals surface area contributed by atoms with Crippen LogP contribution in [0.4, 0.5) is 10.5 Å². The normalized spacial score (nSPS) is 17.6. The number of urea groups is 1. The Morgan fingerprint density at radius 2 is 1.87 bits per heavy atom. The van der Waals surface area contributed by atoms with Gasteiger partial charge in [-0.25, -0.2) is 4.79 Å². The minimum absolute atomic E-state index is 0.146. The predicted octanol–water partition coefficient (Wildman–Crippen LogP) is 3.51. The summed E-state index contributed by atoms with van der Waals surface area (Å²) in [5.74, 6) is 0.906. The van der Waals surface area contributed by atoms with Crippen molar-refractivity contribution in [2.45, 2.75) is 31.7 Å². The van der Waals surface area contributed by atoms with Crippen LogP contribution in [0.25, 0.3) is 0 Å². The highest BCUT2D eigenvalue weighted by atomic mass is 16.5. The summed E-state index contributed by atoms with van der Waals surface area (Å²) in [7, 11) is 1.92. The molecular weight excluding hydrogens is 382 g/mol. The van der Waals surface area contributed by atoms with E-state index in [0.717, 1.165) is 25.7 Å². The first kappa shape index (κ1) is 20.2. The first-order chi connectivity index (χ1) is 14.6. The highest BCUT2D eigenvalue weighted by molar-refractivity contribution is 6.01. The molecule has 1 atom stereocenters. The second-order valence-corrected chi connectivity index (χ2v) is 7.74. The van der Waals surface area contributed by atoms with Crippen molar-refractivity contribution in [1.82, 2.24) is 10.2 Å². The molecule has 2 aromatic carbocycles. The molecule has 1 aliphatic carbocycles. The van der Waals surface area contributed by atoms with Gasteiger partial charge in [-0.3, -0.25) is 15.0 Å². The number of carbonyl (C=O) groups is 2. The molecule has 7 heteroatoms. The van der Waals surface area contributed by atoms with Gasteiger partial charge in [-0.05, 0) is 49.6 Å². The number of aryl methyl sites for hydroxylation is 1. The monoisotopic (exact) mass is 409 g/mol. The number of fused-ring (bicyclic) bond motifs is 2. The van der Waals surface area contributed by atoms with Crippen LogP contribution in [0.1, 0.15) is 36.4 Å². The Balaban J connectivity index is 1.32. The van der Waals surface area contributed by atoms with Crippen molar-refractivity contribution in [2.75, 3.05) is 32.1 Å². The van der Waals surface area contributed by atoms with Crippen molar-refractivity contribution < 1.29 is 19.1 Å². The van der Waals surface area contributed by atoms with Gasteiger partial charge in [-0.1, -0.05) is 24.3 Å². The van der Waals surface area contributed by atoms with Crippen LogP contribution in [-0.4, -0.2) is 43.6 Å². The number of nitrogens with zero attached hydrogens (tertiary/aromatic N) is 1. The van der Waals surface area contributed by atoms with E-state index in [2.05, 4.69) is 28.8 Å². The zero-order valence-corrected chi connectivity index (χ0v) is 17.1. The molecule has 1 heterocycles. The van der Waals surface area contributed by atoms with Gasteiger partial charge in [0.2, 0.25) is 5.91 Å². The number of carbonyl (C=O) groups excluding carboxylic acids is 2. The summed E-state index contributed by atoms with van der Waals surface area (Å²) in [6.45, 7) is 1.32. The zero-order chi connectivity index (χ0) is 20.9. The Bertz CT molecular complexity index is 930. The van der Waals surface area contributed by atoms with Crippen LogP contribution in [0.15, 0.2) is 42.5 Å². The van der Waals surface area contributed by atoms with Gasteiger partial charge in [0.1, 0.15) is 0 Å². The topological polar surface area (TPSA) is 79.9 Å². The largest absolute Gasteiger partial charge is 0.490 e. The summed E-state index contributed by atoms with van der Waals surface area (Å²) in [5.41, 5.74) is 3.16. The molecule has 1 aliphatic heterocycles. The molecule has 0 radical (unpaired) electrons. The molecule has 0 unspecified atom stereocenters. The van der Waals surface area contributed by atoms with E-state index in [1.807, 2.05) is 18.0 Å². The fourth-order valence-electron chi connectivity index (χ4n) is 4.09. The lowest BCUT2D eigenvalue weighted by molar-refractivity contribution is -0.121. The number of imide groups is 1. The van der Waals surface area contributed by atoms with E-state index >= 15 is 0 Å². The molecule has 30 heavy (non-hydrogen) atoms. The molecular formula is C23H27N3O4. The Kier molecular flexibility index (Phi) is 6.18. The molecule has 2 aliphatic rings. The number of rotatable bonds is 4. The number of hydrogen-bond donors (Lipinski definition) is 2. The maximum Gasteiger partial charge on any atom is 0.325 e. The van der Waals surface area contributed by atoms with Crippen LogP contribution in [0.5, 0.6) is 11.5 Å². The Morgan fingerprint density at radius 1 is 1.07 bits per heavy atom. The fraction of sp³-hybridized carbons (Fsp3) is 0.391. The van der Waals surface area contributed by atoms with Crippen molar-refractivity contribution >= 4 is 17.6 Å². The SMILES string of the molecule is CN(CC(=O)NC(=O)Nc1ccc2c(c1)OCCCO2)[C@@H]1CCCc2ccccc21. The number of nitrogens with one attached hydrogen (secondary N) is 2. The molecule has 7 nitrogen and oxygen atoms in total. The first-order valence-electron chi connectivity index (χ1n) is 10.4. The van der Waals surface area contributed by atoms with Gasteiger partial charge in [0.25, 0.3) is 0 Å². The van der Waals surface area contributed by atoms with E-state index < -0.39 is 6.03 Å². The lowest BCUT2D eigenvalue weighted by Crippen LogP contribution is -2.42. The number of amides is 3.